The lowest BCUT2D eigenvalue weighted by Gasteiger charge is -2.19. The van der Waals surface area contributed by atoms with Gasteiger partial charge in [-0.05, 0) is 41.8 Å². The van der Waals surface area contributed by atoms with E-state index in [1.165, 1.54) is 11.0 Å². The van der Waals surface area contributed by atoms with Crippen LogP contribution in [-0.2, 0) is 14.3 Å². The summed E-state index contributed by atoms with van der Waals surface area (Å²) in [5.41, 5.74) is 2.94. The molecule has 2 heterocycles. The number of carbonyl (C=O) groups is 2. The lowest BCUT2D eigenvalue weighted by atomic mass is 10.2. The van der Waals surface area contributed by atoms with Crippen molar-refractivity contribution in [2.24, 2.45) is 0 Å². The number of carbonyl (C=O) groups excluding carboxylic acids is 2. The van der Waals surface area contributed by atoms with Crippen molar-refractivity contribution < 1.29 is 14.3 Å². The maximum absolute atomic E-state index is 12.5. The molecule has 7 nitrogen and oxygen atoms in total. The number of hydrogen-bond acceptors (Lipinski definition) is 6. The van der Waals surface area contributed by atoms with Crippen LogP contribution in [0.4, 0.5) is 5.69 Å². The van der Waals surface area contributed by atoms with Gasteiger partial charge in [-0.3, -0.25) is 9.69 Å². The quantitative estimate of drug-likeness (QED) is 0.212. The molecule has 0 saturated carbocycles. The Kier molecular flexibility index (Phi) is 7.28. The Morgan fingerprint density at radius 3 is 2.47 bits per heavy atom. The molecular formula is C26H20N4O3S. The first-order chi connectivity index (χ1) is 16.7. The Hall–Kier alpha value is -4.48. The molecule has 0 radical (unpaired) electrons. The molecule has 0 aliphatic rings. The Balaban J connectivity index is 1.47. The van der Waals surface area contributed by atoms with Gasteiger partial charge in [0.05, 0.1) is 16.6 Å². The topological polar surface area (TPSA) is 88.2 Å². The number of aromatic nitrogens is 2. The van der Waals surface area contributed by atoms with E-state index in [4.69, 9.17) is 10.00 Å². The normalized spacial score (nSPS) is 10.7. The molecular weight excluding hydrogens is 448 g/mol. The van der Waals surface area contributed by atoms with E-state index in [0.717, 1.165) is 21.8 Å². The van der Waals surface area contributed by atoms with Crippen LogP contribution in [0, 0.1) is 11.3 Å². The van der Waals surface area contributed by atoms with Gasteiger partial charge in [0.25, 0.3) is 5.91 Å². The van der Waals surface area contributed by atoms with E-state index >= 15 is 0 Å². The number of rotatable bonds is 8. The summed E-state index contributed by atoms with van der Waals surface area (Å²) < 4.78 is 6.90. The van der Waals surface area contributed by atoms with Gasteiger partial charge in [-0.25, -0.2) is 9.48 Å². The Morgan fingerprint density at radius 2 is 1.79 bits per heavy atom. The third kappa shape index (κ3) is 5.46. The van der Waals surface area contributed by atoms with Crippen molar-refractivity contribution in [3.8, 4) is 22.3 Å². The fourth-order valence-corrected chi connectivity index (χ4v) is 3.98. The number of anilines is 1. The Labute approximate surface area is 200 Å². The van der Waals surface area contributed by atoms with Gasteiger partial charge in [0, 0.05) is 23.5 Å². The zero-order valence-electron chi connectivity index (χ0n) is 18.1. The molecule has 8 heteroatoms. The molecule has 34 heavy (non-hydrogen) atoms. The van der Waals surface area contributed by atoms with Crippen LogP contribution in [0.5, 0.6) is 0 Å². The zero-order valence-corrected chi connectivity index (χ0v) is 18.9. The molecule has 1 amide bonds. The van der Waals surface area contributed by atoms with Crippen LogP contribution in [0.2, 0.25) is 0 Å². The fraction of sp³-hybridized carbons (Fsp3) is 0.0769. The van der Waals surface area contributed by atoms with E-state index in [1.54, 1.807) is 46.4 Å². The number of hydrogen-bond donors (Lipinski definition) is 0. The summed E-state index contributed by atoms with van der Waals surface area (Å²) in [5, 5.41) is 15.7. The predicted octanol–water partition coefficient (Wildman–Crippen LogP) is 4.71. The van der Waals surface area contributed by atoms with Crippen molar-refractivity contribution in [2.45, 2.75) is 0 Å². The highest BCUT2D eigenvalue weighted by Gasteiger charge is 2.17. The maximum atomic E-state index is 12.5. The van der Waals surface area contributed by atoms with Crippen LogP contribution >= 0.6 is 11.3 Å². The predicted molar refractivity (Wildman–Crippen MR) is 131 cm³/mol. The van der Waals surface area contributed by atoms with Crippen molar-refractivity contribution in [1.82, 2.24) is 9.78 Å². The molecule has 0 saturated heterocycles. The monoisotopic (exact) mass is 468 g/mol. The van der Waals surface area contributed by atoms with Gasteiger partial charge < -0.3 is 4.74 Å². The minimum Gasteiger partial charge on any atom is -0.452 e. The van der Waals surface area contributed by atoms with Gasteiger partial charge in [0.1, 0.15) is 12.2 Å². The van der Waals surface area contributed by atoms with E-state index in [9.17, 15) is 9.59 Å². The molecule has 4 rings (SSSR count). The number of amides is 1. The summed E-state index contributed by atoms with van der Waals surface area (Å²) >= 11 is 1.55. The second kappa shape index (κ2) is 10.9. The molecule has 2 aromatic carbocycles. The Bertz CT molecular complexity index is 1320. The number of benzene rings is 2. The van der Waals surface area contributed by atoms with Crippen molar-refractivity contribution >= 4 is 35.0 Å². The smallest absolute Gasteiger partial charge is 0.331 e. The number of ether oxygens (including phenoxy) is 1. The standard InChI is InChI=1S/C26H20N4O3S/c27-15-16-29(21-8-3-1-4-9-21)24(31)19-33-25(32)14-13-20-18-30(22-10-5-2-6-11-22)28-26(20)23-12-7-17-34-23/h1-14,17-18H,16,19H2/b14-13+. The van der Waals surface area contributed by atoms with Gasteiger partial charge in [-0.1, -0.05) is 42.5 Å². The van der Waals surface area contributed by atoms with Crippen molar-refractivity contribution in [1.29, 1.82) is 5.26 Å². The number of thiophene rings is 1. The van der Waals surface area contributed by atoms with Crippen LogP contribution in [0.3, 0.4) is 0 Å². The van der Waals surface area contributed by atoms with E-state index in [0.29, 0.717) is 5.69 Å². The molecule has 0 bridgehead atoms. The van der Waals surface area contributed by atoms with E-state index in [2.05, 4.69) is 5.10 Å². The fourth-order valence-electron chi connectivity index (χ4n) is 3.25. The van der Waals surface area contributed by atoms with Gasteiger partial charge in [-0.2, -0.15) is 10.4 Å². The minimum absolute atomic E-state index is 0.140. The van der Waals surface area contributed by atoms with Crippen LogP contribution in [0.15, 0.2) is 90.4 Å². The zero-order chi connectivity index (χ0) is 23.8. The molecule has 168 valence electrons. The first kappa shape index (κ1) is 22.7. The number of esters is 1. The second-order valence-corrected chi connectivity index (χ2v) is 8.05. The maximum Gasteiger partial charge on any atom is 0.331 e. The first-order valence-corrected chi connectivity index (χ1v) is 11.3. The molecule has 0 fully saturated rings. The molecule has 0 spiro atoms. The average molecular weight is 469 g/mol. The van der Waals surface area contributed by atoms with E-state index < -0.39 is 18.5 Å². The van der Waals surface area contributed by atoms with Crippen LogP contribution < -0.4 is 4.90 Å². The molecule has 0 atom stereocenters. The van der Waals surface area contributed by atoms with Crippen molar-refractivity contribution in [3.63, 3.8) is 0 Å². The summed E-state index contributed by atoms with van der Waals surface area (Å²) in [6.07, 6.45) is 4.73. The summed E-state index contributed by atoms with van der Waals surface area (Å²) in [6, 6.07) is 24.3. The molecule has 0 N–H and O–H groups in total. The second-order valence-electron chi connectivity index (χ2n) is 7.11. The highest BCUT2D eigenvalue weighted by atomic mass is 32.1. The van der Waals surface area contributed by atoms with Gasteiger partial charge in [-0.15, -0.1) is 11.3 Å². The van der Waals surface area contributed by atoms with Gasteiger partial charge in [0.15, 0.2) is 6.61 Å². The molecule has 4 aromatic rings. The summed E-state index contributed by atoms with van der Waals surface area (Å²) in [4.78, 5) is 27.1. The summed E-state index contributed by atoms with van der Waals surface area (Å²) in [7, 11) is 0. The highest BCUT2D eigenvalue weighted by Crippen LogP contribution is 2.28. The van der Waals surface area contributed by atoms with E-state index in [1.807, 2.05) is 66.2 Å². The highest BCUT2D eigenvalue weighted by molar-refractivity contribution is 7.13. The van der Waals surface area contributed by atoms with Crippen LogP contribution in [0.25, 0.3) is 22.3 Å². The van der Waals surface area contributed by atoms with Crippen LogP contribution in [0.1, 0.15) is 5.56 Å². The SMILES string of the molecule is N#CCN(C(=O)COC(=O)/C=C/c1cn(-c2ccccc2)nc1-c1cccs1)c1ccccc1. The van der Waals surface area contributed by atoms with Crippen LogP contribution in [-0.4, -0.2) is 34.8 Å². The van der Waals surface area contributed by atoms with Gasteiger partial charge in [0.2, 0.25) is 0 Å². The molecule has 0 unspecified atom stereocenters. The number of nitrogens with zero attached hydrogens (tertiary/aromatic N) is 4. The van der Waals surface area contributed by atoms with E-state index in [-0.39, 0.29) is 6.54 Å². The molecule has 2 aromatic heterocycles. The van der Waals surface area contributed by atoms with Crippen molar-refractivity contribution in [2.75, 3.05) is 18.1 Å². The van der Waals surface area contributed by atoms with Gasteiger partial charge >= 0.3 is 5.97 Å². The molecule has 0 aliphatic heterocycles. The molecule has 0 aliphatic carbocycles. The summed E-state index contributed by atoms with van der Waals surface area (Å²) in [5.74, 6) is -1.14. The third-order valence-electron chi connectivity index (χ3n) is 4.85. The minimum atomic E-state index is -0.664. The lowest BCUT2D eigenvalue weighted by molar-refractivity contribution is -0.142. The average Bonchev–Trinajstić information content (AvgIpc) is 3.56. The largest absolute Gasteiger partial charge is 0.452 e. The number of nitriles is 1. The summed E-state index contributed by atoms with van der Waals surface area (Å²) in [6.45, 7) is -0.611. The lowest BCUT2D eigenvalue weighted by Crippen LogP contribution is -2.34. The Morgan fingerprint density at radius 1 is 1.06 bits per heavy atom. The first-order valence-electron chi connectivity index (χ1n) is 10.4. The number of para-hydroxylation sites is 2. The van der Waals surface area contributed by atoms with Crippen molar-refractivity contribution in [3.05, 3.63) is 96.0 Å². The third-order valence-corrected chi connectivity index (χ3v) is 5.73.